The van der Waals surface area contributed by atoms with Crippen LogP contribution < -0.4 is 11.2 Å². The van der Waals surface area contributed by atoms with Crippen molar-refractivity contribution in [3.63, 3.8) is 0 Å². The zero-order valence-corrected chi connectivity index (χ0v) is 13.5. The van der Waals surface area contributed by atoms with Gasteiger partial charge >= 0.3 is 0 Å². The van der Waals surface area contributed by atoms with E-state index in [1.165, 1.54) is 11.3 Å². The minimum Gasteiger partial charge on any atom is -0.396 e. The Hall–Kier alpha value is -1.62. The minimum absolute atomic E-state index is 0.0135. The Morgan fingerprint density at radius 1 is 1.38 bits per heavy atom. The zero-order valence-electron chi connectivity index (χ0n) is 12.6. The van der Waals surface area contributed by atoms with Gasteiger partial charge in [0, 0.05) is 32.1 Å². The first kappa shape index (κ1) is 15.8. The van der Waals surface area contributed by atoms with Crippen LogP contribution in [0.15, 0.2) is 0 Å². The lowest BCUT2D eigenvalue weighted by molar-refractivity contribution is 0.0944. The van der Waals surface area contributed by atoms with Crippen molar-refractivity contribution in [2.75, 3.05) is 44.4 Å². The van der Waals surface area contributed by atoms with E-state index in [0.29, 0.717) is 21.1 Å². The molecule has 1 aromatic rings. The molecule has 1 aliphatic rings. The summed E-state index contributed by atoms with van der Waals surface area (Å²) in [7, 11) is 2.08. The Bertz CT molecular complexity index is 567. The van der Waals surface area contributed by atoms with Crippen LogP contribution in [-0.2, 0) is 0 Å². The Kier molecular flexibility index (Phi) is 4.83. The third-order valence-electron chi connectivity index (χ3n) is 3.57. The fourth-order valence-corrected chi connectivity index (χ4v) is 3.33. The molecule has 0 unspecified atom stereocenters. The Balaban J connectivity index is 2.22. The maximum Gasteiger partial charge on any atom is 0.177 e. The molecule has 2 rings (SSSR count). The number of anilines is 2. The molecule has 0 amide bonds. The Morgan fingerprint density at radius 2 is 2.00 bits per heavy atom. The first-order valence-corrected chi connectivity index (χ1v) is 7.82. The highest BCUT2D eigenvalue weighted by atomic mass is 32.1. The summed E-state index contributed by atoms with van der Waals surface area (Å²) in [4.78, 5) is 14.9. The van der Waals surface area contributed by atoms with Crippen LogP contribution in [0.3, 0.4) is 0 Å². The number of hydrazine groups is 1. The smallest absolute Gasteiger partial charge is 0.177 e. The van der Waals surface area contributed by atoms with Gasteiger partial charge in [0.2, 0.25) is 0 Å². The number of thiophene rings is 1. The van der Waals surface area contributed by atoms with Crippen LogP contribution in [0.1, 0.15) is 29.1 Å². The van der Waals surface area contributed by atoms with Crippen molar-refractivity contribution in [1.29, 1.82) is 5.26 Å². The molecule has 3 N–H and O–H groups in total. The van der Waals surface area contributed by atoms with E-state index in [2.05, 4.69) is 28.5 Å². The molecule has 7 heteroatoms. The van der Waals surface area contributed by atoms with Gasteiger partial charge in [-0.1, -0.05) is 13.8 Å². The molecule has 1 saturated heterocycles. The summed E-state index contributed by atoms with van der Waals surface area (Å²) >= 11 is 1.28. The van der Waals surface area contributed by atoms with E-state index in [-0.39, 0.29) is 11.7 Å². The summed E-state index contributed by atoms with van der Waals surface area (Å²) in [6.07, 6.45) is 0. The highest BCUT2D eigenvalue weighted by Gasteiger charge is 2.24. The van der Waals surface area contributed by atoms with Gasteiger partial charge in [-0.2, -0.15) is 5.26 Å². The highest BCUT2D eigenvalue weighted by Crippen LogP contribution is 2.36. The number of carbonyl (C=O) groups excluding carboxylic acids is 1. The molecule has 6 nitrogen and oxygen atoms in total. The van der Waals surface area contributed by atoms with Crippen LogP contribution in [0.4, 0.5) is 10.7 Å². The van der Waals surface area contributed by atoms with Gasteiger partial charge in [-0.05, 0) is 7.05 Å². The summed E-state index contributed by atoms with van der Waals surface area (Å²) in [6.45, 7) is 7.34. The minimum atomic E-state index is -0.131. The van der Waals surface area contributed by atoms with Gasteiger partial charge in [-0.15, -0.1) is 11.3 Å². The third kappa shape index (κ3) is 3.35. The van der Waals surface area contributed by atoms with Crippen molar-refractivity contribution in [3.8, 4) is 6.07 Å². The van der Waals surface area contributed by atoms with Gasteiger partial charge in [0.15, 0.2) is 5.78 Å². The van der Waals surface area contributed by atoms with Crippen molar-refractivity contribution >= 4 is 27.8 Å². The number of rotatable bonds is 4. The second-order valence-electron chi connectivity index (χ2n) is 5.58. The number of ketones is 1. The van der Waals surface area contributed by atoms with Crippen molar-refractivity contribution < 1.29 is 4.79 Å². The molecule has 0 saturated carbocycles. The van der Waals surface area contributed by atoms with E-state index in [4.69, 9.17) is 5.73 Å². The maximum absolute atomic E-state index is 12.2. The van der Waals surface area contributed by atoms with Crippen LogP contribution in [0.2, 0.25) is 0 Å². The van der Waals surface area contributed by atoms with Gasteiger partial charge in [-0.3, -0.25) is 4.79 Å². The number of nitrogens with two attached hydrogens (primary N) is 1. The SMILES string of the molecule is CC(C)C(=O)c1sc(NN2CCN(C)CC2)c(C#N)c1N. The Morgan fingerprint density at radius 3 is 2.52 bits per heavy atom. The largest absolute Gasteiger partial charge is 0.396 e. The molecule has 114 valence electrons. The molecule has 0 aromatic carbocycles. The molecular weight excluding hydrogens is 286 g/mol. The predicted molar refractivity (Wildman–Crippen MR) is 85.3 cm³/mol. The number of nitrogen functional groups attached to an aromatic ring is 1. The number of Topliss-reactive ketones (excluding diaryl/α,β-unsaturated/α-hetero) is 1. The van der Waals surface area contributed by atoms with E-state index in [1.54, 1.807) is 0 Å². The van der Waals surface area contributed by atoms with Crippen molar-refractivity contribution in [1.82, 2.24) is 9.91 Å². The lowest BCUT2D eigenvalue weighted by Crippen LogP contribution is -2.46. The molecule has 0 aliphatic carbocycles. The van der Waals surface area contributed by atoms with Crippen molar-refractivity contribution in [2.24, 2.45) is 5.92 Å². The first-order valence-electron chi connectivity index (χ1n) is 7.00. The monoisotopic (exact) mass is 307 g/mol. The van der Waals surface area contributed by atoms with Crippen molar-refractivity contribution in [3.05, 3.63) is 10.4 Å². The summed E-state index contributed by atoms with van der Waals surface area (Å²) in [5.41, 5.74) is 9.91. The number of hydrogen-bond acceptors (Lipinski definition) is 7. The van der Waals surface area contributed by atoms with Crippen LogP contribution in [-0.4, -0.2) is 48.9 Å². The second kappa shape index (κ2) is 6.43. The average molecular weight is 307 g/mol. The molecule has 0 bridgehead atoms. The number of carbonyl (C=O) groups is 1. The number of likely N-dealkylation sites (N-methyl/N-ethyl adjacent to an activating group) is 1. The standard InChI is InChI=1S/C14H21N5OS/c1-9(2)12(20)13-11(16)10(8-15)14(21-13)17-19-6-4-18(3)5-7-19/h9,17H,4-7,16H2,1-3H3. The summed E-state index contributed by atoms with van der Waals surface area (Å²) in [5, 5.41) is 12.0. The van der Waals surface area contributed by atoms with E-state index >= 15 is 0 Å². The highest BCUT2D eigenvalue weighted by molar-refractivity contribution is 7.19. The molecule has 1 fully saturated rings. The quantitative estimate of drug-likeness (QED) is 0.822. The maximum atomic E-state index is 12.2. The second-order valence-corrected chi connectivity index (χ2v) is 6.60. The fourth-order valence-electron chi connectivity index (χ4n) is 2.14. The van der Waals surface area contributed by atoms with Gasteiger partial charge in [0.05, 0.1) is 10.6 Å². The van der Waals surface area contributed by atoms with Crippen LogP contribution in [0.25, 0.3) is 0 Å². The number of nitrogens with one attached hydrogen (secondary N) is 1. The average Bonchev–Trinajstić information content (AvgIpc) is 2.76. The number of piperazine rings is 1. The number of hydrogen-bond donors (Lipinski definition) is 2. The summed E-state index contributed by atoms with van der Waals surface area (Å²) in [5.74, 6) is -0.144. The van der Waals surface area contributed by atoms with E-state index in [0.717, 1.165) is 26.2 Å². The summed E-state index contributed by atoms with van der Waals surface area (Å²) in [6, 6.07) is 2.11. The van der Waals surface area contributed by atoms with E-state index in [9.17, 15) is 10.1 Å². The van der Waals surface area contributed by atoms with Gasteiger partial charge in [0.25, 0.3) is 0 Å². The van der Waals surface area contributed by atoms with E-state index < -0.39 is 0 Å². The number of nitriles is 1. The molecule has 1 aromatic heterocycles. The van der Waals surface area contributed by atoms with Gasteiger partial charge in [0.1, 0.15) is 16.6 Å². The lowest BCUT2D eigenvalue weighted by Gasteiger charge is -2.32. The topological polar surface area (TPSA) is 85.4 Å². The predicted octanol–water partition coefficient (Wildman–Crippen LogP) is 1.61. The Labute approximate surface area is 129 Å². The van der Waals surface area contributed by atoms with E-state index in [1.807, 2.05) is 13.8 Å². The molecule has 0 atom stereocenters. The molecule has 1 aliphatic heterocycles. The van der Waals surface area contributed by atoms with Crippen molar-refractivity contribution in [2.45, 2.75) is 13.8 Å². The number of nitrogens with zero attached hydrogens (tertiary/aromatic N) is 3. The van der Waals surface area contributed by atoms with Crippen LogP contribution >= 0.6 is 11.3 Å². The molecule has 21 heavy (non-hydrogen) atoms. The zero-order chi connectivity index (χ0) is 15.6. The third-order valence-corrected chi connectivity index (χ3v) is 4.69. The van der Waals surface area contributed by atoms with Gasteiger partial charge < -0.3 is 16.1 Å². The first-order chi connectivity index (χ1) is 9.93. The molecule has 0 radical (unpaired) electrons. The van der Waals surface area contributed by atoms with Crippen LogP contribution in [0.5, 0.6) is 0 Å². The summed E-state index contributed by atoms with van der Waals surface area (Å²) < 4.78 is 0. The fraction of sp³-hybridized carbons (Fsp3) is 0.571. The van der Waals surface area contributed by atoms with Crippen LogP contribution in [0, 0.1) is 17.2 Å². The normalized spacial score (nSPS) is 16.9. The molecule has 2 heterocycles. The molecular formula is C14H21N5OS. The lowest BCUT2D eigenvalue weighted by atomic mass is 10.1. The van der Waals surface area contributed by atoms with Gasteiger partial charge in [-0.25, -0.2) is 5.01 Å². The molecule has 0 spiro atoms.